The van der Waals surface area contributed by atoms with Crippen LogP contribution in [-0.4, -0.2) is 0 Å². The highest BCUT2D eigenvalue weighted by atomic mass is 14.4. The maximum atomic E-state index is 2.51. The maximum absolute atomic E-state index is 2.51. The molecule has 0 saturated heterocycles. The number of rotatable bonds is 0. The van der Waals surface area contributed by atoms with Crippen molar-refractivity contribution in [3.05, 3.63) is 11.6 Å². The molecule has 2 rings (SSSR count). The van der Waals surface area contributed by atoms with Gasteiger partial charge < -0.3 is 0 Å². The number of allylic oxidation sites excluding steroid dienone is 2. The van der Waals surface area contributed by atoms with E-state index in [0.29, 0.717) is 5.41 Å². The van der Waals surface area contributed by atoms with Crippen LogP contribution in [0, 0.1) is 17.3 Å². The van der Waals surface area contributed by atoms with Crippen LogP contribution in [0.15, 0.2) is 11.6 Å². The van der Waals surface area contributed by atoms with Gasteiger partial charge >= 0.3 is 0 Å². The molecule has 3 unspecified atom stereocenters. The van der Waals surface area contributed by atoms with Crippen molar-refractivity contribution >= 4 is 0 Å². The molecule has 1 saturated carbocycles. The van der Waals surface area contributed by atoms with E-state index in [4.69, 9.17) is 0 Å². The fourth-order valence-corrected chi connectivity index (χ4v) is 3.66. The molecule has 0 radical (unpaired) electrons. The first kappa shape index (κ1) is 15.7. The Morgan fingerprint density at radius 1 is 1.25 bits per heavy atom. The predicted octanol–water partition coefficient (Wildman–Crippen LogP) is 5.83. The summed E-state index contributed by atoms with van der Waals surface area (Å²) < 4.78 is 0. The lowest BCUT2D eigenvalue weighted by Gasteiger charge is -2.29. The van der Waals surface area contributed by atoms with E-state index in [-0.39, 0.29) is 7.43 Å². The van der Waals surface area contributed by atoms with Gasteiger partial charge in [0.15, 0.2) is 0 Å². The summed E-state index contributed by atoms with van der Waals surface area (Å²) in [5.74, 6) is 1.82. The van der Waals surface area contributed by atoms with E-state index in [0.717, 1.165) is 11.8 Å². The quantitative estimate of drug-likeness (QED) is 0.454. The third-order valence-corrected chi connectivity index (χ3v) is 3.93. The van der Waals surface area contributed by atoms with Gasteiger partial charge in [0.25, 0.3) is 0 Å². The smallest absolute Gasteiger partial charge is 0.0254 e. The van der Waals surface area contributed by atoms with Gasteiger partial charge in [0.1, 0.15) is 0 Å². The molecule has 2 bridgehead atoms. The predicted molar refractivity (Wildman–Crippen MR) is 75.7 cm³/mol. The summed E-state index contributed by atoms with van der Waals surface area (Å²) in [6.45, 7) is 11.2. The van der Waals surface area contributed by atoms with Gasteiger partial charge in [0, 0.05) is 0 Å². The fraction of sp³-hybridized carbons (Fsp3) is 0.875. The molecule has 0 amide bonds. The van der Waals surface area contributed by atoms with E-state index in [1.807, 2.05) is 13.8 Å². The summed E-state index contributed by atoms with van der Waals surface area (Å²) in [4.78, 5) is 0. The van der Waals surface area contributed by atoms with Crippen LogP contribution in [-0.2, 0) is 0 Å². The molecule has 0 nitrogen and oxygen atoms in total. The fourth-order valence-electron chi connectivity index (χ4n) is 3.66. The second kappa shape index (κ2) is 6.47. The molecule has 2 aliphatic carbocycles. The zero-order chi connectivity index (χ0) is 11.5. The van der Waals surface area contributed by atoms with Crippen molar-refractivity contribution in [2.75, 3.05) is 0 Å². The number of hydrogen-bond donors (Lipinski definition) is 0. The molecular weight excluding hydrogens is 192 g/mol. The van der Waals surface area contributed by atoms with E-state index < -0.39 is 0 Å². The Hall–Kier alpha value is -0.260. The van der Waals surface area contributed by atoms with Crippen LogP contribution in [0.1, 0.15) is 74.1 Å². The molecule has 0 aromatic heterocycles. The van der Waals surface area contributed by atoms with Crippen LogP contribution >= 0.6 is 0 Å². The van der Waals surface area contributed by atoms with E-state index in [2.05, 4.69) is 26.8 Å². The van der Waals surface area contributed by atoms with Crippen molar-refractivity contribution in [1.29, 1.82) is 0 Å². The molecule has 0 spiro atoms. The van der Waals surface area contributed by atoms with Gasteiger partial charge in [0.2, 0.25) is 0 Å². The van der Waals surface area contributed by atoms with Crippen molar-refractivity contribution in [3.63, 3.8) is 0 Å². The minimum absolute atomic E-state index is 0. The van der Waals surface area contributed by atoms with Gasteiger partial charge in [-0.1, -0.05) is 46.8 Å². The molecule has 0 aliphatic heterocycles. The Bertz CT molecular complexity index is 226. The van der Waals surface area contributed by atoms with Crippen LogP contribution in [0.2, 0.25) is 0 Å². The molecular formula is C16H32. The van der Waals surface area contributed by atoms with Crippen LogP contribution in [0.3, 0.4) is 0 Å². The van der Waals surface area contributed by atoms with Crippen LogP contribution in [0.4, 0.5) is 0 Å². The Kier molecular flexibility index (Phi) is 6.36. The molecule has 0 aromatic rings. The topological polar surface area (TPSA) is 0 Å². The van der Waals surface area contributed by atoms with E-state index in [1.165, 1.54) is 32.1 Å². The third-order valence-electron chi connectivity index (χ3n) is 3.93. The monoisotopic (exact) mass is 224 g/mol. The Labute approximate surface area is 104 Å². The minimum atomic E-state index is 0. The van der Waals surface area contributed by atoms with Gasteiger partial charge in [-0.2, -0.15) is 0 Å². The molecule has 3 atom stereocenters. The summed E-state index contributed by atoms with van der Waals surface area (Å²) in [5.41, 5.74) is 2.32. The molecule has 2 aliphatic rings. The van der Waals surface area contributed by atoms with Gasteiger partial charge in [-0.05, 0) is 56.3 Å². The van der Waals surface area contributed by atoms with Gasteiger partial charge in [0.05, 0.1) is 0 Å². The first-order chi connectivity index (χ1) is 7.07. The van der Waals surface area contributed by atoms with Crippen LogP contribution in [0.25, 0.3) is 0 Å². The summed E-state index contributed by atoms with van der Waals surface area (Å²) in [7, 11) is 0. The zero-order valence-electron chi connectivity index (χ0n) is 11.3. The Morgan fingerprint density at radius 2 is 1.88 bits per heavy atom. The second-order valence-corrected chi connectivity index (χ2v) is 5.82. The van der Waals surface area contributed by atoms with Crippen LogP contribution in [0.5, 0.6) is 0 Å². The van der Waals surface area contributed by atoms with Gasteiger partial charge in [-0.3, -0.25) is 0 Å². The zero-order valence-corrected chi connectivity index (χ0v) is 11.3. The Balaban J connectivity index is 0.000000711. The summed E-state index contributed by atoms with van der Waals surface area (Å²) in [6.07, 6.45) is 9.75. The van der Waals surface area contributed by atoms with E-state index in [1.54, 1.807) is 5.57 Å². The standard InChI is InChI=1S/C13H22.C2H6.CH4/c1-10-6-11(2)8-13(3)5-4-12(7-10)9-13;1-2;/h6,11-12H,4-5,7-9H2,1-3H3;1-2H3;1H4. The van der Waals surface area contributed by atoms with Crippen molar-refractivity contribution in [2.24, 2.45) is 17.3 Å². The maximum Gasteiger partial charge on any atom is -0.0254 e. The molecule has 96 valence electrons. The third kappa shape index (κ3) is 3.96. The molecule has 1 fully saturated rings. The van der Waals surface area contributed by atoms with Crippen molar-refractivity contribution < 1.29 is 0 Å². The lowest BCUT2D eigenvalue weighted by Crippen LogP contribution is -2.17. The van der Waals surface area contributed by atoms with Crippen molar-refractivity contribution in [1.82, 2.24) is 0 Å². The highest BCUT2D eigenvalue weighted by Crippen LogP contribution is 2.49. The molecule has 0 aromatic carbocycles. The van der Waals surface area contributed by atoms with Gasteiger partial charge in [-0.25, -0.2) is 0 Å². The molecule has 16 heavy (non-hydrogen) atoms. The SMILES string of the molecule is C.CC.CC1=CC(C)CC2(C)CCC(C1)C2. The second-order valence-electron chi connectivity index (χ2n) is 5.82. The largest absolute Gasteiger partial charge is 0.0827 e. The van der Waals surface area contributed by atoms with E-state index in [9.17, 15) is 0 Å². The Morgan fingerprint density at radius 3 is 2.50 bits per heavy atom. The first-order valence-electron chi connectivity index (χ1n) is 6.75. The minimum Gasteiger partial charge on any atom is -0.0827 e. The average molecular weight is 224 g/mol. The number of hydrogen-bond acceptors (Lipinski definition) is 0. The lowest BCUT2D eigenvalue weighted by molar-refractivity contribution is 0.260. The highest BCUT2D eigenvalue weighted by Gasteiger charge is 2.36. The van der Waals surface area contributed by atoms with Crippen molar-refractivity contribution in [2.45, 2.75) is 74.1 Å². The first-order valence-corrected chi connectivity index (χ1v) is 6.75. The normalized spacial score (nSPS) is 37.2. The molecule has 0 N–H and O–H groups in total. The molecule has 0 heteroatoms. The summed E-state index contributed by atoms with van der Waals surface area (Å²) in [5, 5.41) is 0. The summed E-state index contributed by atoms with van der Waals surface area (Å²) in [6, 6.07) is 0. The van der Waals surface area contributed by atoms with Gasteiger partial charge in [-0.15, -0.1) is 0 Å². The average Bonchev–Trinajstić information content (AvgIpc) is 2.49. The van der Waals surface area contributed by atoms with E-state index >= 15 is 0 Å². The highest BCUT2D eigenvalue weighted by molar-refractivity contribution is 5.07. The summed E-state index contributed by atoms with van der Waals surface area (Å²) >= 11 is 0. The van der Waals surface area contributed by atoms with Crippen molar-refractivity contribution in [3.8, 4) is 0 Å². The molecule has 0 heterocycles. The lowest BCUT2D eigenvalue weighted by atomic mass is 9.77. The number of fused-ring (bicyclic) bond motifs is 2. The van der Waals surface area contributed by atoms with Crippen LogP contribution < -0.4 is 0 Å².